The molecule has 3 nitrogen and oxygen atoms in total. The van der Waals surface area contributed by atoms with Crippen molar-refractivity contribution >= 4 is 33.3 Å². The molecule has 1 N–H and O–H groups in total. The SMILES string of the molecule is CC(=O)C(CS)NC(=O)P. The lowest BCUT2D eigenvalue weighted by atomic mass is 10.2. The van der Waals surface area contributed by atoms with E-state index in [0.717, 1.165) is 0 Å². The minimum Gasteiger partial charge on any atom is -0.342 e. The maximum Gasteiger partial charge on any atom is 0.235 e. The molecule has 0 aromatic carbocycles. The van der Waals surface area contributed by atoms with Crippen LogP contribution in [0.2, 0.25) is 0 Å². The first-order valence-corrected chi connectivity index (χ1v) is 3.96. The summed E-state index contributed by atoms with van der Waals surface area (Å²) in [6.45, 7) is 1.42. The summed E-state index contributed by atoms with van der Waals surface area (Å²) >= 11 is 3.88. The Hall–Kier alpha value is -0.0800. The molecule has 0 heterocycles. The van der Waals surface area contributed by atoms with Crippen LogP contribution >= 0.6 is 21.9 Å². The van der Waals surface area contributed by atoms with Crippen molar-refractivity contribution in [3.63, 3.8) is 0 Å². The predicted molar refractivity (Wildman–Crippen MR) is 46.6 cm³/mol. The van der Waals surface area contributed by atoms with Crippen molar-refractivity contribution in [2.45, 2.75) is 13.0 Å². The summed E-state index contributed by atoms with van der Waals surface area (Å²) < 4.78 is 0. The van der Waals surface area contributed by atoms with Crippen LogP contribution in [0.1, 0.15) is 6.92 Å². The zero-order chi connectivity index (χ0) is 8.15. The lowest BCUT2D eigenvalue weighted by molar-refractivity contribution is -0.118. The van der Waals surface area contributed by atoms with Crippen LogP contribution in [0.3, 0.4) is 0 Å². The van der Waals surface area contributed by atoms with Crippen molar-refractivity contribution in [3.8, 4) is 0 Å². The molecule has 0 radical (unpaired) electrons. The van der Waals surface area contributed by atoms with E-state index < -0.39 is 6.04 Å². The standard InChI is InChI=1S/C5H10NO2PS/c1-3(7)4(2-10)6-5(8)9/h4,10H,2,9H2,1H3,(H,6,8). The average molecular weight is 179 g/mol. The van der Waals surface area contributed by atoms with E-state index in [2.05, 4.69) is 17.9 Å². The van der Waals surface area contributed by atoms with Gasteiger partial charge >= 0.3 is 0 Å². The van der Waals surface area contributed by atoms with E-state index in [9.17, 15) is 9.59 Å². The van der Waals surface area contributed by atoms with Crippen molar-refractivity contribution in [1.29, 1.82) is 0 Å². The van der Waals surface area contributed by atoms with Gasteiger partial charge in [-0.1, -0.05) is 0 Å². The van der Waals surface area contributed by atoms with Gasteiger partial charge in [0.2, 0.25) is 5.65 Å². The summed E-state index contributed by atoms with van der Waals surface area (Å²) in [6, 6.07) is -0.451. The molecular formula is C5H10NO2PS. The van der Waals surface area contributed by atoms with E-state index >= 15 is 0 Å². The number of Topliss-reactive ketones (excluding diaryl/α,β-unsaturated/α-hetero) is 1. The van der Waals surface area contributed by atoms with Crippen LogP contribution in [0.5, 0.6) is 0 Å². The van der Waals surface area contributed by atoms with Crippen LogP contribution in [-0.4, -0.2) is 23.2 Å². The first-order chi connectivity index (χ1) is 4.57. The number of rotatable bonds is 3. The van der Waals surface area contributed by atoms with E-state index in [1.807, 2.05) is 9.24 Å². The third kappa shape index (κ3) is 3.85. The van der Waals surface area contributed by atoms with Gasteiger partial charge in [-0.15, -0.1) is 0 Å². The van der Waals surface area contributed by atoms with Gasteiger partial charge in [-0.05, 0) is 16.2 Å². The average Bonchev–Trinajstić information content (AvgIpc) is 1.81. The Labute approximate surface area is 67.6 Å². The van der Waals surface area contributed by atoms with Gasteiger partial charge in [0.15, 0.2) is 5.78 Å². The minimum atomic E-state index is -0.451. The molecule has 0 aromatic heterocycles. The van der Waals surface area contributed by atoms with Gasteiger partial charge in [0.25, 0.3) is 0 Å². The van der Waals surface area contributed by atoms with Gasteiger partial charge in [0.05, 0.1) is 6.04 Å². The van der Waals surface area contributed by atoms with Crippen molar-refractivity contribution < 1.29 is 9.59 Å². The van der Waals surface area contributed by atoms with Crippen molar-refractivity contribution in [2.75, 3.05) is 5.75 Å². The number of ketones is 1. The molecule has 58 valence electrons. The number of carbonyl (C=O) groups excluding carboxylic acids is 2. The molecule has 10 heavy (non-hydrogen) atoms. The zero-order valence-corrected chi connectivity index (χ0v) is 7.67. The minimum absolute atomic E-state index is 0.0780. The number of amides is 1. The molecule has 1 amide bonds. The van der Waals surface area contributed by atoms with Gasteiger partial charge < -0.3 is 5.32 Å². The fraction of sp³-hybridized carbons (Fsp3) is 0.600. The van der Waals surface area contributed by atoms with E-state index in [-0.39, 0.29) is 11.4 Å². The number of nitrogens with one attached hydrogen (secondary N) is 1. The third-order valence-corrected chi connectivity index (χ3v) is 1.52. The van der Waals surface area contributed by atoms with Gasteiger partial charge in [0, 0.05) is 5.75 Å². The van der Waals surface area contributed by atoms with Crippen LogP contribution in [-0.2, 0) is 4.79 Å². The van der Waals surface area contributed by atoms with Gasteiger partial charge in [0.1, 0.15) is 0 Å². The second-order valence-electron chi connectivity index (χ2n) is 1.85. The topological polar surface area (TPSA) is 46.2 Å². The molecule has 2 unspecified atom stereocenters. The van der Waals surface area contributed by atoms with E-state index in [0.29, 0.717) is 5.75 Å². The molecule has 0 aromatic rings. The largest absolute Gasteiger partial charge is 0.342 e. The Bertz CT molecular complexity index is 151. The summed E-state index contributed by atoms with van der Waals surface area (Å²) in [4.78, 5) is 21.0. The maximum absolute atomic E-state index is 10.6. The molecule has 0 bridgehead atoms. The highest BCUT2D eigenvalue weighted by Gasteiger charge is 2.11. The highest BCUT2D eigenvalue weighted by Crippen LogP contribution is 1.92. The van der Waals surface area contributed by atoms with E-state index in [1.54, 1.807) is 0 Å². The summed E-state index contributed by atoms with van der Waals surface area (Å²) in [5.41, 5.74) is -0.283. The second-order valence-corrected chi connectivity index (χ2v) is 2.74. The highest BCUT2D eigenvalue weighted by atomic mass is 32.1. The summed E-state index contributed by atoms with van der Waals surface area (Å²) in [7, 11) is 1.94. The molecule has 0 aliphatic heterocycles. The van der Waals surface area contributed by atoms with Crippen LogP contribution in [0.25, 0.3) is 0 Å². The molecule has 0 aliphatic rings. The molecule has 5 heteroatoms. The fourth-order valence-electron chi connectivity index (χ4n) is 0.448. The lowest BCUT2D eigenvalue weighted by Crippen LogP contribution is -2.38. The van der Waals surface area contributed by atoms with Gasteiger partial charge in [-0.3, -0.25) is 9.59 Å². The monoisotopic (exact) mass is 179 g/mol. The number of hydrogen-bond donors (Lipinski definition) is 2. The van der Waals surface area contributed by atoms with Crippen LogP contribution < -0.4 is 5.32 Å². The quantitative estimate of drug-likeness (QED) is 0.488. The molecule has 0 rings (SSSR count). The highest BCUT2D eigenvalue weighted by molar-refractivity contribution is 7.80. The summed E-state index contributed by atoms with van der Waals surface area (Å²) in [5.74, 6) is 0.265. The Morgan fingerprint density at radius 1 is 1.70 bits per heavy atom. The van der Waals surface area contributed by atoms with Gasteiger partial charge in [-0.2, -0.15) is 12.6 Å². The number of thiol groups is 1. The molecule has 0 saturated carbocycles. The zero-order valence-electron chi connectivity index (χ0n) is 5.63. The molecule has 0 aliphatic carbocycles. The predicted octanol–water partition coefficient (Wildman–Crippen LogP) is 0.458. The first kappa shape index (κ1) is 9.92. The Morgan fingerprint density at radius 2 is 2.20 bits per heavy atom. The van der Waals surface area contributed by atoms with Crippen LogP contribution in [0.4, 0.5) is 4.79 Å². The maximum atomic E-state index is 10.6. The molecule has 0 saturated heterocycles. The Morgan fingerprint density at radius 3 is 2.30 bits per heavy atom. The Balaban J connectivity index is 3.83. The molecular weight excluding hydrogens is 169 g/mol. The van der Waals surface area contributed by atoms with Crippen LogP contribution in [0.15, 0.2) is 0 Å². The number of hydrogen-bond acceptors (Lipinski definition) is 3. The lowest BCUT2D eigenvalue weighted by Gasteiger charge is -2.10. The van der Waals surface area contributed by atoms with E-state index in [1.165, 1.54) is 6.92 Å². The smallest absolute Gasteiger partial charge is 0.235 e. The van der Waals surface area contributed by atoms with Gasteiger partial charge in [-0.25, -0.2) is 0 Å². The summed E-state index contributed by atoms with van der Waals surface area (Å²) in [6.07, 6.45) is 0. The van der Waals surface area contributed by atoms with Crippen molar-refractivity contribution in [3.05, 3.63) is 0 Å². The van der Waals surface area contributed by atoms with Crippen molar-refractivity contribution in [2.24, 2.45) is 0 Å². The summed E-state index contributed by atoms with van der Waals surface area (Å²) in [5, 5.41) is 2.43. The molecule has 0 fully saturated rings. The number of carbonyl (C=O) groups is 2. The Kier molecular flexibility index (Phi) is 4.65. The fourth-order valence-corrected chi connectivity index (χ4v) is 0.997. The second kappa shape index (κ2) is 4.69. The van der Waals surface area contributed by atoms with Crippen LogP contribution in [0, 0.1) is 0 Å². The van der Waals surface area contributed by atoms with Crippen molar-refractivity contribution in [1.82, 2.24) is 5.32 Å². The molecule has 0 spiro atoms. The third-order valence-electron chi connectivity index (χ3n) is 0.990. The van der Waals surface area contributed by atoms with E-state index in [4.69, 9.17) is 0 Å². The molecule has 2 atom stereocenters. The first-order valence-electron chi connectivity index (χ1n) is 2.75. The normalized spacial score (nSPS) is 12.3.